The van der Waals surface area contributed by atoms with Crippen molar-refractivity contribution in [1.82, 2.24) is 4.90 Å². The number of hydrogen-bond donors (Lipinski definition) is 1. The van der Waals surface area contributed by atoms with Gasteiger partial charge >= 0.3 is 15.6 Å². The molecule has 4 rings (SSSR count). The van der Waals surface area contributed by atoms with Crippen molar-refractivity contribution in [1.29, 1.82) is 0 Å². The van der Waals surface area contributed by atoms with E-state index in [1.807, 2.05) is 6.92 Å². The average molecular weight is 517 g/mol. The Labute approximate surface area is 201 Å². The molecule has 0 amide bonds. The van der Waals surface area contributed by atoms with Gasteiger partial charge in [-0.2, -0.15) is 21.6 Å². The third-order valence-electron chi connectivity index (χ3n) is 7.39. The molecule has 1 spiro atoms. The van der Waals surface area contributed by atoms with Gasteiger partial charge in [-0.15, -0.1) is 0 Å². The van der Waals surface area contributed by atoms with Gasteiger partial charge in [-0.1, -0.05) is 19.4 Å². The quantitative estimate of drug-likeness (QED) is 0.265. The predicted octanol–water partition coefficient (Wildman–Crippen LogP) is 3.50. The molecule has 0 aliphatic carbocycles. The Hall–Kier alpha value is -2.60. The molecule has 8 nitrogen and oxygen atoms in total. The van der Waals surface area contributed by atoms with Gasteiger partial charge in [-0.05, 0) is 43.7 Å². The Morgan fingerprint density at radius 1 is 1.34 bits per heavy atom. The Balaban J connectivity index is 1.71. The first kappa shape index (κ1) is 25.5. The summed E-state index contributed by atoms with van der Waals surface area (Å²) in [6.45, 7) is 4.71. The molecule has 1 aromatic carbocycles. The number of benzene rings is 1. The van der Waals surface area contributed by atoms with E-state index in [-0.39, 0.29) is 34.9 Å². The van der Waals surface area contributed by atoms with Crippen molar-refractivity contribution in [2.75, 3.05) is 25.5 Å². The summed E-state index contributed by atoms with van der Waals surface area (Å²) in [6.07, 6.45) is 3.09. The fourth-order valence-corrected chi connectivity index (χ4v) is 6.24. The van der Waals surface area contributed by atoms with Gasteiger partial charge in [0.2, 0.25) is 0 Å². The monoisotopic (exact) mass is 516 g/mol. The highest BCUT2D eigenvalue weighted by atomic mass is 32.2. The normalized spacial score (nSPS) is 29.0. The van der Waals surface area contributed by atoms with Gasteiger partial charge in [-0.25, -0.2) is 0 Å². The van der Waals surface area contributed by atoms with Gasteiger partial charge in [0.1, 0.15) is 5.54 Å². The first-order valence-electron chi connectivity index (χ1n) is 11.3. The van der Waals surface area contributed by atoms with Crippen molar-refractivity contribution < 1.29 is 40.1 Å². The second-order valence-electron chi connectivity index (χ2n) is 9.22. The van der Waals surface area contributed by atoms with Crippen LogP contribution in [0.25, 0.3) is 0 Å². The second kappa shape index (κ2) is 8.81. The number of Topliss-reactive ketones (excluding diaryl/α,β-unsaturated/α-hetero) is 2. The SMILES string of the molecule is CC[C@@H]1CN2CC[C@]3(Nc4cccc(OS(=O)(=O)C(F)(F)F)c4C3=O)C2C[C@@H]1/C(=C\OC)C(C)=O. The van der Waals surface area contributed by atoms with Gasteiger partial charge in [-0.3, -0.25) is 14.5 Å². The molecule has 2 fully saturated rings. The molecule has 1 N–H and O–H groups in total. The minimum absolute atomic E-state index is 0.127. The van der Waals surface area contributed by atoms with E-state index in [0.29, 0.717) is 31.5 Å². The molecule has 2 saturated heterocycles. The number of halogens is 3. The summed E-state index contributed by atoms with van der Waals surface area (Å²) in [6, 6.07) is 3.53. The number of methoxy groups -OCH3 is 1. The van der Waals surface area contributed by atoms with Crippen molar-refractivity contribution in [2.24, 2.45) is 11.8 Å². The van der Waals surface area contributed by atoms with Crippen LogP contribution in [0.3, 0.4) is 0 Å². The number of ketones is 2. The number of nitrogens with one attached hydrogen (secondary N) is 1. The van der Waals surface area contributed by atoms with Crippen LogP contribution >= 0.6 is 0 Å². The average Bonchev–Trinajstić information content (AvgIpc) is 3.28. The Morgan fingerprint density at radius 3 is 2.66 bits per heavy atom. The summed E-state index contributed by atoms with van der Waals surface area (Å²) < 4.78 is 71.6. The summed E-state index contributed by atoms with van der Waals surface area (Å²) in [7, 11) is -4.49. The highest BCUT2D eigenvalue weighted by Crippen LogP contribution is 2.50. The summed E-state index contributed by atoms with van der Waals surface area (Å²) in [5.74, 6) is -1.32. The largest absolute Gasteiger partial charge is 0.534 e. The molecule has 35 heavy (non-hydrogen) atoms. The van der Waals surface area contributed by atoms with Crippen LogP contribution in [-0.2, 0) is 19.6 Å². The highest BCUT2D eigenvalue weighted by Gasteiger charge is 2.60. The van der Waals surface area contributed by atoms with Crippen LogP contribution in [-0.4, -0.2) is 62.2 Å². The van der Waals surface area contributed by atoms with Crippen LogP contribution in [0.15, 0.2) is 30.0 Å². The fourth-order valence-electron chi connectivity index (χ4n) is 5.77. The van der Waals surface area contributed by atoms with E-state index in [1.54, 1.807) is 0 Å². The van der Waals surface area contributed by atoms with Crippen LogP contribution in [0.5, 0.6) is 5.75 Å². The number of ether oxygens (including phenoxy) is 1. The molecular formula is C23H27F3N2O6S. The topological polar surface area (TPSA) is 102 Å². The number of piperidine rings is 1. The van der Waals surface area contributed by atoms with Crippen LogP contribution in [0.2, 0.25) is 0 Å². The highest BCUT2D eigenvalue weighted by molar-refractivity contribution is 7.88. The fraction of sp³-hybridized carbons (Fsp3) is 0.565. The van der Waals surface area contributed by atoms with Gasteiger partial charge in [0.25, 0.3) is 0 Å². The van der Waals surface area contributed by atoms with Crippen molar-refractivity contribution in [3.63, 3.8) is 0 Å². The maximum absolute atomic E-state index is 13.8. The summed E-state index contributed by atoms with van der Waals surface area (Å²) in [5, 5.41) is 3.19. The van der Waals surface area contributed by atoms with E-state index >= 15 is 0 Å². The lowest BCUT2D eigenvalue weighted by atomic mass is 9.71. The summed E-state index contributed by atoms with van der Waals surface area (Å²) in [4.78, 5) is 28.3. The summed E-state index contributed by atoms with van der Waals surface area (Å²) in [5.41, 5.74) is -6.26. The number of alkyl halides is 3. The molecule has 3 heterocycles. The minimum atomic E-state index is -5.95. The van der Waals surface area contributed by atoms with Crippen LogP contribution in [0, 0.1) is 11.8 Å². The number of anilines is 1. The standard InChI is InChI=1S/C23H27F3N2O6S/c1-4-14-11-28-9-8-22(19(28)10-15(14)16(12-33-3)13(2)29)21(30)20-17(27-22)6-5-7-18(20)34-35(31,32)23(24,25)26/h5-7,12,14-15,19,27H,4,8-11H2,1-3H3/b16-12-/t14-,15+,19?,22+/m1/s1. The van der Waals surface area contributed by atoms with E-state index in [4.69, 9.17) is 4.74 Å². The van der Waals surface area contributed by atoms with E-state index in [9.17, 15) is 31.2 Å². The maximum Gasteiger partial charge on any atom is 0.534 e. The number of nitrogens with zero attached hydrogens (tertiary/aromatic N) is 1. The molecule has 4 atom stereocenters. The van der Waals surface area contributed by atoms with Crippen LogP contribution in [0.4, 0.5) is 18.9 Å². The molecule has 0 saturated carbocycles. The van der Waals surface area contributed by atoms with Crippen molar-refractivity contribution >= 4 is 27.4 Å². The second-order valence-corrected chi connectivity index (χ2v) is 10.8. The lowest BCUT2D eigenvalue weighted by molar-refractivity contribution is -0.114. The molecule has 3 aliphatic rings. The third kappa shape index (κ3) is 4.10. The van der Waals surface area contributed by atoms with E-state index < -0.39 is 32.7 Å². The van der Waals surface area contributed by atoms with Crippen molar-refractivity contribution in [2.45, 2.75) is 50.2 Å². The lowest BCUT2D eigenvalue weighted by Crippen LogP contribution is -2.57. The smallest absolute Gasteiger partial charge is 0.504 e. The molecular weight excluding hydrogens is 489 g/mol. The zero-order chi connectivity index (χ0) is 25.8. The molecule has 1 aromatic rings. The summed E-state index contributed by atoms with van der Waals surface area (Å²) >= 11 is 0. The van der Waals surface area contributed by atoms with Crippen LogP contribution < -0.4 is 9.50 Å². The number of allylic oxidation sites excluding steroid dienone is 1. The number of carbonyl (C=O) groups excluding carboxylic acids is 2. The minimum Gasteiger partial charge on any atom is -0.504 e. The first-order valence-corrected chi connectivity index (χ1v) is 12.7. The third-order valence-corrected chi connectivity index (χ3v) is 8.36. The number of fused-ring (bicyclic) bond motifs is 3. The van der Waals surface area contributed by atoms with E-state index in [1.165, 1.54) is 32.4 Å². The number of hydrogen-bond acceptors (Lipinski definition) is 8. The predicted molar refractivity (Wildman–Crippen MR) is 120 cm³/mol. The van der Waals surface area contributed by atoms with Gasteiger partial charge in [0.15, 0.2) is 17.3 Å². The van der Waals surface area contributed by atoms with Crippen molar-refractivity contribution in [3.8, 4) is 5.75 Å². The molecule has 0 radical (unpaired) electrons. The van der Waals surface area contributed by atoms with Crippen molar-refractivity contribution in [3.05, 3.63) is 35.6 Å². The molecule has 3 aliphatic heterocycles. The van der Waals surface area contributed by atoms with E-state index in [2.05, 4.69) is 14.4 Å². The molecule has 1 unspecified atom stereocenters. The number of rotatable bonds is 6. The molecule has 0 aromatic heterocycles. The Morgan fingerprint density at radius 2 is 2.06 bits per heavy atom. The zero-order valence-corrected chi connectivity index (χ0v) is 20.3. The van der Waals surface area contributed by atoms with Crippen LogP contribution in [0.1, 0.15) is 43.5 Å². The van der Waals surface area contributed by atoms with Gasteiger partial charge in [0, 0.05) is 30.4 Å². The Bertz CT molecular complexity index is 1180. The zero-order valence-electron chi connectivity index (χ0n) is 19.5. The lowest BCUT2D eigenvalue weighted by Gasteiger charge is -2.45. The number of carbonyl (C=O) groups is 2. The Kier molecular flexibility index (Phi) is 6.41. The van der Waals surface area contributed by atoms with Gasteiger partial charge < -0.3 is 14.2 Å². The molecule has 0 bridgehead atoms. The van der Waals surface area contributed by atoms with E-state index in [0.717, 1.165) is 12.5 Å². The first-order chi connectivity index (χ1) is 16.4. The maximum atomic E-state index is 13.8. The molecule has 12 heteroatoms. The van der Waals surface area contributed by atoms with Gasteiger partial charge in [0.05, 0.1) is 18.9 Å². The molecule has 192 valence electrons.